The molecule has 322 valence electrons. The van der Waals surface area contributed by atoms with Gasteiger partial charge in [0, 0.05) is 69.9 Å². The molecule has 0 saturated carbocycles. The van der Waals surface area contributed by atoms with Crippen LogP contribution in [0.4, 0.5) is 10.7 Å². The molecule has 1 N–H and O–H groups in total. The van der Waals surface area contributed by atoms with Gasteiger partial charge in [-0.05, 0) is 74.1 Å². The summed E-state index contributed by atoms with van der Waals surface area (Å²) in [7, 11) is 0. The summed E-state index contributed by atoms with van der Waals surface area (Å²) in [5, 5.41) is 4.86. The van der Waals surface area contributed by atoms with E-state index in [9.17, 15) is 0 Å². The fraction of sp³-hybridized carbons (Fsp3) is 0.480. The lowest BCUT2D eigenvalue weighted by Gasteiger charge is -2.25. The molecule has 0 aliphatic carbocycles. The molecule has 0 spiro atoms. The van der Waals surface area contributed by atoms with E-state index in [4.69, 9.17) is 18.7 Å². The molecule has 61 heavy (non-hydrogen) atoms. The van der Waals surface area contributed by atoms with E-state index in [0.717, 1.165) is 77.1 Å². The van der Waals surface area contributed by atoms with Crippen LogP contribution in [0.25, 0.3) is 72.2 Å². The molecule has 6 aromatic heterocycles. The molecule has 0 radical (unpaired) electrons. The van der Waals surface area contributed by atoms with Gasteiger partial charge in [0.25, 0.3) is 0 Å². The predicted molar refractivity (Wildman–Crippen MR) is 274 cm³/mol. The molecule has 0 aliphatic heterocycles. The summed E-state index contributed by atoms with van der Waals surface area (Å²) in [6.45, 7) is 14.5. The number of rotatable bonds is 24. The van der Waals surface area contributed by atoms with Gasteiger partial charge in [0.05, 0.1) is 28.1 Å². The smallest absolute Gasteiger partial charge is 0.116 e. The first-order chi connectivity index (χ1) is 30.0. The maximum absolute atomic E-state index is 5.44. The molecule has 0 atom stereocenters. The van der Waals surface area contributed by atoms with E-state index in [1.165, 1.54) is 151 Å². The first kappa shape index (κ1) is 44.1. The van der Waals surface area contributed by atoms with Crippen LogP contribution in [0.3, 0.4) is 0 Å². The van der Waals surface area contributed by atoms with Gasteiger partial charge in [0.2, 0.25) is 0 Å². The van der Waals surface area contributed by atoms with Crippen molar-refractivity contribution in [3.05, 3.63) is 59.9 Å². The topological polar surface area (TPSA) is 66.8 Å². The van der Waals surface area contributed by atoms with Crippen molar-refractivity contribution in [1.82, 2.24) is 18.7 Å². The highest BCUT2D eigenvalue weighted by Gasteiger charge is 2.26. The van der Waals surface area contributed by atoms with Crippen LogP contribution in [-0.4, -0.2) is 38.3 Å². The average molecular weight is 907 g/mol. The third-order valence-electron chi connectivity index (χ3n) is 12.0. The predicted octanol–water partition coefficient (Wildman–Crippen LogP) is 17.1. The third kappa shape index (κ3) is 10.0. The number of thiophene rings is 4. The van der Waals surface area contributed by atoms with Crippen molar-refractivity contribution >= 4 is 109 Å². The van der Waals surface area contributed by atoms with Crippen molar-refractivity contribution in [3.63, 3.8) is 0 Å². The Morgan fingerprint density at radius 1 is 0.492 bits per heavy atom. The highest BCUT2D eigenvalue weighted by molar-refractivity contribution is 7.32. The summed E-state index contributed by atoms with van der Waals surface area (Å²) in [5.74, 6) is 0. The van der Waals surface area contributed by atoms with Gasteiger partial charge in [-0.15, -0.1) is 45.3 Å². The first-order valence-electron chi connectivity index (χ1n) is 23.2. The molecule has 0 amide bonds. The van der Waals surface area contributed by atoms with Crippen LogP contribution >= 0.6 is 57.1 Å². The van der Waals surface area contributed by atoms with E-state index >= 15 is 0 Å². The van der Waals surface area contributed by atoms with Crippen LogP contribution in [0.1, 0.15) is 136 Å². The molecule has 8 rings (SSSR count). The standard InChI is InChI=1S/C50H62N6S5/c1-6-11-14-16-18-20-27-56(28-21-19-17-15-12-7-2)34-24-22-33(23-25-34)37-29-38-39(57-37)30-42(58-38)45-47-48(53-36(10-5)35(9-4)52-47)46(50-49(45)54-61-55-50)43-31-40-41(59-43)32-44(60-40)51-26-13-8-3/h22-25,29-32,51H,6-21,26-28H2,1-5H3. The molecule has 6 nitrogen and oxygen atoms in total. The Bertz CT molecular complexity index is 2560. The number of nitrogens with one attached hydrogen (secondary N) is 1. The zero-order valence-corrected chi connectivity index (χ0v) is 40.9. The Labute approximate surface area is 383 Å². The SMILES string of the molecule is CCCCCCCCN(CCCCCCCC)c1ccc(-c2cc3sc(-c4c5nsnc5c(-c5cc6sc(NCCCC)cc6s5)c5nc(CC)c(CC)nc45)cc3s2)cc1. The Morgan fingerprint density at radius 3 is 1.49 bits per heavy atom. The van der Waals surface area contributed by atoms with Crippen molar-refractivity contribution in [2.75, 3.05) is 29.9 Å². The number of aryl methyl sites for hydroxylation is 2. The second-order valence-corrected chi connectivity index (χ2v) is 21.3. The number of nitrogens with zero attached hydrogens (tertiary/aromatic N) is 5. The number of hydrogen-bond donors (Lipinski definition) is 1. The molecule has 6 heterocycles. The molecular weight excluding hydrogens is 845 g/mol. The van der Waals surface area contributed by atoms with Gasteiger partial charge in [-0.1, -0.05) is 117 Å². The summed E-state index contributed by atoms with van der Waals surface area (Å²) in [4.78, 5) is 17.2. The molecule has 2 aromatic carbocycles. The number of unbranched alkanes of at least 4 members (excludes halogenated alkanes) is 11. The maximum Gasteiger partial charge on any atom is 0.116 e. The average Bonchev–Trinajstić information content (AvgIpc) is 4.12. The van der Waals surface area contributed by atoms with Crippen molar-refractivity contribution in [3.8, 4) is 31.3 Å². The number of aromatic nitrogens is 4. The summed E-state index contributed by atoms with van der Waals surface area (Å²) in [5.41, 5.74) is 10.7. The second kappa shape index (κ2) is 21.3. The number of anilines is 2. The first-order valence-corrected chi connectivity index (χ1v) is 27.2. The van der Waals surface area contributed by atoms with Crippen LogP contribution in [0.5, 0.6) is 0 Å². The van der Waals surface area contributed by atoms with E-state index in [0.29, 0.717) is 0 Å². The fourth-order valence-corrected chi connectivity index (χ4v) is 13.9. The minimum Gasteiger partial charge on any atom is -0.377 e. The number of fused-ring (bicyclic) bond motifs is 4. The monoisotopic (exact) mass is 906 g/mol. The van der Waals surface area contributed by atoms with Crippen molar-refractivity contribution in [1.29, 1.82) is 0 Å². The summed E-state index contributed by atoms with van der Waals surface area (Å²) in [6, 6.07) is 18.8. The normalized spacial score (nSPS) is 12.0. The van der Waals surface area contributed by atoms with E-state index in [1.54, 1.807) is 0 Å². The summed E-state index contributed by atoms with van der Waals surface area (Å²) >= 11 is 8.70. The van der Waals surface area contributed by atoms with Crippen LogP contribution in [-0.2, 0) is 12.8 Å². The Kier molecular flexibility index (Phi) is 15.4. The molecular formula is C50H62N6S5. The van der Waals surface area contributed by atoms with Gasteiger partial charge >= 0.3 is 0 Å². The summed E-state index contributed by atoms with van der Waals surface area (Å²) < 4.78 is 15.2. The molecule has 8 aromatic rings. The molecule has 11 heteroatoms. The van der Waals surface area contributed by atoms with E-state index in [-0.39, 0.29) is 0 Å². The fourth-order valence-electron chi connectivity index (χ4n) is 8.54. The molecule has 0 aliphatic rings. The molecule has 0 unspecified atom stereocenters. The van der Waals surface area contributed by atoms with Gasteiger partial charge in [-0.2, -0.15) is 8.75 Å². The van der Waals surface area contributed by atoms with Crippen molar-refractivity contribution in [2.45, 2.75) is 137 Å². The van der Waals surface area contributed by atoms with E-state index in [1.807, 2.05) is 45.3 Å². The second-order valence-electron chi connectivity index (χ2n) is 16.5. The van der Waals surface area contributed by atoms with Crippen LogP contribution in [0.2, 0.25) is 0 Å². The van der Waals surface area contributed by atoms with Gasteiger partial charge in [-0.3, -0.25) is 0 Å². The van der Waals surface area contributed by atoms with E-state index in [2.05, 4.69) is 93.4 Å². The number of benzene rings is 2. The highest BCUT2D eigenvalue weighted by atomic mass is 32.1. The highest BCUT2D eigenvalue weighted by Crippen LogP contribution is 2.50. The zero-order chi connectivity index (χ0) is 42.1. The lowest BCUT2D eigenvalue weighted by atomic mass is 10.0. The Hall–Kier alpha value is -3.48. The van der Waals surface area contributed by atoms with Crippen LogP contribution < -0.4 is 10.2 Å². The Morgan fingerprint density at radius 2 is 0.967 bits per heavy atom. The van der Waals surface area contributed by atoms with E-state index < -0.39 is 0 Å². The van der Waals surface area contributed by atoms with Gasteiger partial charge in [0.1, 0.15) is 22.1 Å². The van der Waals surface area contributed by atoms with Crippen molar-refractivity contribution < 1.29 is 0 Å². The quantitative estimate of drug-likeness (QED) is 0.0609. The molecule has 0 saturated heterocycles. The van der Waals surface area contributed by atoms with Crippen molar-refractivity contribution in [2.24, 2.45) is 0 Å². The van der Waals surface area contributed by atoms with Gasteiger partial charge < -0.3 is 10.2 Å². The maximum atomic E-state index is 5.44. The number of hydrogen-bond acceptors (Lipinski definition) is 11. The lowest BCUT2D eigenvalue weighted by Crippen LogP contribution is -2.25. The minimum atomic E-state index is 0.842. The summed E-state index contributed by atoms with van der Waals surface area (Å²) in [6.07, 6.45) is 20.1. The van der Waals surface area contributed by atoms with Gasteiger partial charge in [-0.25, -0.2) is 9.97 Å². The largest absolute Gasteiger partial charge is 0.377 e. The molecule has 0 fully saturated rings. The van der Waals surface area contributed by atoms with Crippen LogP contribution in [0.15, 0.2) is 48.5 Å². The molecule has 0 bridgehead atoms. The zero-order valence-electron chi connectivity index (χ0n) is 36.8. The van der Waals surface area contributed by atoms with Gasteiger partial charge in [0.15, 0.2) is 0 Å². The Balaban J connectivity index is 1.09. The lowest BCUT2D eigenvalue weighted by molar-refractivity contribution is 0.575. The minimum absolute atomic E-state index is 0.842. The third-order valence-corrected chi connectivity index (χ3v) is 17.1. The van der Waals surface area contributed by atoms with Crippen LogP contribution in [0, 0.1) is 0 Å².